The van der Waals surface area contributed by atoms with E-state index in [-0.39, 0.29) is 18.8 Å². The Kier molecular flexibility index (Phi) is 6.18. The molecule has 1 aliphatic rings. The van der Waals surface area contributed by atoms with Crippen LogP contribution in [0.3, 0.4) is 0 Å². The molecule has 0 bridgehead atoms. The van der Waals surface area contributed by atoms with Crippen molar-refractivity contribution in [3.8, 4) is 0 Å². The smallest absolute Gasteiger partial charge is 0.163 e. The van der Waals surface area contributed by atoms with Crippen molar-refractivity contribution < 1.29 is 19.3 Å². The largest absolute Gasteiger partial charge is 0.396 e. The molecule has 1 aromatic carbocycles. The molecule has 0 unspecified atom stereocenters. The van der Waals surface area contributed by atoms with Gasteiger partial charge in [-0.2, -0.15) is 0 Å². The van der Waals surface area contributed by atoms with Gasteiger partial charge in [0.05, 0.1) is 18.8 Å². The van der Waals surface area contributed by atoms with Gasteiger partial charge in [0.1, 0.15) is 0 Å². The van der Waals surface area contributed by atoms with E-state index in [1.807, 2.05) is 32.0 Å². The van der Waals surface area contributed by atoms with Crippen molar-refractivity contribution in [1.82, 2.24) is 0 Å². The third kappa shape index (κ3) is 5.75. The van der Waals surface area contributed by atoms with Gasteiger partial charge in [0.2, 0.25) is 0 Å². The van der Waals surface area contributed by atoms with Crippen LogP contribution in [0.15, 0.2) is 30.3 Å². The van der Waals surface area contributed by atoms with Gasteiger partial charge in [0.15, 0.2) is 5.79 Å². The Balaban J connectivity index is 1.71. The molecule has 0 aromatic heterocycles. The molecular formula is C17H26O4. The van der Waals surface area contributed by atoms with Crippen molar-refractivity contribution in [3.63, 3.8) is 0 Å². The lowest BCUT2D eigenvalue weighted by atomic mass is 10.0. The molecule has 0 radical (unpaired) electrons. The standard InChI is InChI=1S/C17H26O4/c1-17(2)20-15(8-10-18)12-16(21-17)9-11-19-13-14-6-4-3-5-7-14/h3-7,15-16,18H,8-13H2,1-2H3/t15-,16-/m0/s1. The second-order valence-corrected chi connectivity index (χ2v) is 5.95. The molecule has 0 saturated carbocycles. The summed E-state index contributed by atoms with van der Waals surface area (Å²) in [4.78, 5) is 0. The number of hydrogen-bond acceptors (Lipinski definition) is 4. The summed E-state index contributed by atoms with van der Waals surface area (Å²) in [6, 6.07) is 10.2. The minimum atomic E-state index is -0.581. The fourth-order valence-corrected chi connectivity index (χ4v) is 2.70. The van der Waals surface area contributed by atoms with Gasteiger partial charge < -0.3 is 19.3 Å². The van der Waals surface area contributed by atoms with Crippen LogP contribution in [0.1, 0.15) is 38.7 Å². The molecule has 4 nitrogen and oxygen atoms in total. The predicted octanol–water partition coefficient (Wildman–Crippen LogP) is 2.89. The highest BCUT2D eigenvalue weighted by Gasteiger charge is 2.34. The highest BCUT2D eigenvalue weighted by molar-refractivity contribution is 5.13. The molecular weight excluding hydrogens is 268 g/mol. The third-order valence-corrected chi connectivity index (χ3v) is 3.57. The molecule has 2 atom stereocenters. The topological polar surface area (TPSA) is 47.9 Å². The third-order valence-electron chi connectivity index (χ3n) is 3.57. The van der Waals surface area contributed by atoms with Gasteiger partial charge in [-0.25, -0.2) is 0 Å². The summed E-state index contributed by atoms with van der Waals surface area (Å²) in [5.41, 5.74) is 1.18. The Bertz CT molecular complexity index is 405. The minimum absolute atomic E-state index is 0.0675. The lowest BCUT2D eigenvalue weighted by Crippen LogP contribution is -2.45. The van der Waals surface area contributed by atoms with Crippen LogP contribution in [0.4, 0.5) is 0 Å². The van der Waals surface area contributed by atoms with E-state index in [4.69, 9.17) is 19.3 Å². The van der Waals surface area contributed by atoms with Gasteiger partial charge in [-0.15, -0.1) is 0 Å². The second-order valence-electron chi connectivity index (χ2n) is 5.95. The highest BCUT2D eigenvalue weighted by Crippen LogP contribution is 2.29. The summed E-state index contributed by atoms with van der Waals surface area (Å²) < 4.78 is 17.4. The molecule has 0 aliphatic carbocycles. The average molecular weight is 294 g/mol. The van der Waals surface area contributed by atoms with Gasteiger partial charge >= 0.3 is 0 Å². The number of benzene rings is 1. The van der Waals surface area contributed by atoms with Crippen molar-refractivity contribution in [3.05, 3.63) is 35.9 Å². The predicted molar refractivity (Wildman–Crippen MR) is 80.9 cm³/mol. The Labute approximate surface area is 127 Å². The maximum atomic E-state index is 9.07. The average Bonchev–Trinajstić information content (AvgIpc) is 2.43. The van der Waals surface area contributed by atoms with E-state index >= 15 is 0 Å². The number of ether oxygens (including phenoxy) is 3. The van der Waals surface area contributed by atoms with E-state index < -0.39 is 5.79 Å². The Morgan fingerprint density at radius 3 is 2.48 bits per heavy atom. The van der Waals surface area contributed by atoms with Crippen molar-refractivity contribution >= 4 is 0 Å². The Hall–Kier alpha value is -0.940. The van der Waals surface area contributed by atoms with E-state index in [0.29, 0.717) is 19.6 Å². The normalized spacial score (nSPS) is 24.9. The van der Waals surface area contributed by atoms with Crippen LogP contribution in [0.25, 0.3) is 0 Å². The molecule has 4 heteroatoms. The SMILES string of the molecule is CC1(C)O[C@@H](CCO)C[C@H](CCOCc2ccccc2)O1. The number of rotatable bonds is 7. The van der Waals surface area contributed by atoms with Gasteiger partial charge in [-0.05, 0) is 32.3 Å². The molecule has 21 heavy (non-hydrogen) atoms. The minimum Gasteiger partial charge on any atom is -0.396 e. The van der Waals surface area contributed by atoms with E-state index in [0.717, 1.165) is 12.8 Å². The summed E-state index contributed by atoms with van der Waals surface area (Å²) >= 11 is 0. The highest BCUT2D eigenvalue weighted by atomic mass is 16.7. The van der Waals surface area contributed by atoms with Crippen LogP contribution in [0.2, 0.25) is 0 Å². The lowest BCUT2D eigenvalue weighted by molar-refractivity contribution is -0.302. The summed E-state index contributed by atoms with van der Waals surface area (Å²) in [6.07, 6.45) is 2.52. The Morgan fingerprint density at radius 2 is 1.81 bits per heavy atom. The summed E-state index contributed by atoms with van der Waals surface area (Å²) in [7, 11) is 0. The van der Waals surface area contributed by atoms with Crippen molar-refractivity contribution in [2.24, 2.45) is 0 Å². The van der Waals surface area contributed by atoms with Crippen molar-refractivity contribution in [2.75, 3.05) is 13.2 Å². The maximum Gasteiger partial charge on any atom is 0.163 e. The molecule has 1 saturated heterocycles. The number of aliphatic hydroxyl groups excluding tert-OH is 1. The van der Waals surface area contributed by atoms with Crippen LogP contribution in [0.5, 0.6) is 0 Å². The first kappa shape index (κ1) is 16.4. The Morgan fingerprint density at radius 1 is 1.14 bits per heavy atom. The molecule has 1 N–H and O–H groups in total. The summed E-state index contributed by atoms with van der Waals surface area (Å²) in [6.45, 7) is 5.30. The lowest BCUT2D eigenvalue weighted by Gasteiger charge is -2.40. The zero-order chi connectivity index (χ0) is 15.1. The monoisotopic (exact) mass is 294 g/mol. The number of hydrogen-bond donors (Lipinski definition) is 1. The van der Waals surface area contributed by atoms with Crippen LogP contribution in [-0.2, 0) is 20.8 Å². The molecule has 1 aliphatic heterocycles. The van der Waals surface area contributed by atoms with E-state index in [1.165, 1.54) is 5.56 Å². The first-order valence-corrected chi connectivity index (χ1v) is 7.67. The molecule has 1 aromatic rings. The fraction of sp³-hybridized carbons (Fsp3) is 0.647. The van der Waals surface area contributed by atoms with Gasteiger partial charge in [0.25, 0.3) is 0 Å². The molecule has 118 valence electrons. The van der Waals surface area contributed by atoms with E-state index in [9.17, 15) is 0 Å². The molecule has 0 amide bonds. The summed E-state index contributed by atoms with van der Waals surface area (Å²) in [5, 5.41) is 9.07. The molecule has 1 fully saturated rings. The maximum absolute atomic E-state index is 9.07. The van der Waals surface area contributed by atoms with Crippen LogP contribution in [-0.4, -0.2) is 36.3 Å². The van der Waals surface area contributed by atoms with E-state index in [2.05, 4.69) is 12.1 Å². The quantitative estimate of drug-likeness (QED) is 0.786. The van der Waals surface area contributed by atoms with Crippen molar-refractivity contribution in [2.45, 2.75) is 57.7 Å². The zero-order valence-electron chi connectivity index (χ0n) is 13.0. The number of aliphatic hydroxyl groups is 1. The molecule has 2 rings (SSSR count). The van der Waals surface area contributed by atoms with Gasteiger partial charge in [0, 0.05) is 19.6 Å². The van der Waals surface area contributed by atoms with Crippen LogP contribution >= 0.6 is 0 Å². The second kappa shape index (κ2) is 7.90. The van der Waals surface area contributed by atoms with E-state index in [1.54, 1.807) is 0 Å². The molecule has 1 heterocycles. The van der Waals surface area contributed by atoms with Crippen LogP contribution in [0, 0.1) is 0 Å². The van der Waals surface area contributed by atoms with Crippen molar-refractivity contribution in [1.29, 1.82) is 0 Å². The first-order chi connectivity index (χ1) is 10.1. The van der Waals surface area contributed by atoms with Gasteiger partial charge in [-0.1, -0.05) is 30.3 Å². The molecule has 0 spiro atoms. The van der Waals surface area contributed by atoms with Gasteiger partial charge in [-0.3, -0.25) is 0 Å². The fourth-order valence-electron chi connectivity index (χ4n) is 2.70. The summed E-state index contributed by atoms with van der Waals surface area (Å²) in [5.74, 6) is -0.581. The zero-order valence-corrected chi connectivity index (χ0v) is 13.0. The first-order valence-electron chi connectivity index (χ1n) is 7.67. The van der Waals surface area contributed by atoms with Crippen LogP contribution < -0.4 is 0 Å².